The first-order valence-corrected chi connectivity index (χ1v) is 6.22. The number of nitrogens with two attached hydrogens (primary N) is 1. The van der Waals surface area contributed by atoms with E-state index in [0.717, 1.165) is 0 Å². The van der Waals surface area contributed by atoms with Gasteiger partial charge >= 0.3 is 5.97 Å². The van der Waals surface area contributed by atoms with Gasteiger partial charge < -0.3 is 10.5 Å². The lowest BCUT2D eigenvalue weighted by Crippen LogP contribution is -2.31. The average Bonchev–Trinajstić information content (AvgIpc) is 2.32. The molecule has 1 aromatic carbocycles. The summed E-state index contributed by atoms with van der Waals surface area (Å²) in [5.74, 6) is -1.04. The molecular weight excluding hydrogens is 303 g/mol. The average molecular weight is 315 g/mol. The molecule has 1 rings (SSSR count). The summed E-state index contributed by atoms with van der Waals surface area (Å²) in [6.07, 6.45) is -2.03. The highest BCUT2D eigenvalue weighted by molar-refractivity contribution is 6.43. The number of carbonyl (C=O) groups excluding carboxylic acids is 1. The summed E-state index contributed by atoms with van der Waals surface area (Å²) in [4.78, 5) is 11.3. The predicted molar refractivity (Wildman–Crippen MR) is 69.9 cm³/mol. The molecule has 1 unspecified atom stereocenters. The van der Waals surface area contributed by atoms with Gasteiger partial charge in [-0.15, -0.1) is 0 Å². The van der Waals surface area contributed by atoms with Gasteiger partial charge in [-0.05, 0) is 24.6 Å². The summed E-state index contributed by atoms with van der Waals surface area (Å²) in [5, 5.41) is 0.470. The van der Waals surface area contributed by atoms with Gasteiger partial charge in [-0.3, -0.25) is 0 Å². The highest BCUT2D eigenvalue weighted by Crippen LogP contribution is 2.34. The van der Waals surface area contributed by atoms with Crippen LogP contribution in [-0.2, 0) is 9.53 Å². The zero-order chi connectivity index (χ0) is 13.9. The van der Waals surface area contributed by atoms with Gasteiger partial charge in [0.25, 0.3) is 0 Å². The Labute approximate surface area is 119 Å². The zero-order valence-corrected chi connectivity index (χ0v) is 11.7. The van der Waals surface area contributed by atoms with Gasteiger partial charge in [-0.2, -0.15) is 0 Å². The number of alkyl halides is 1. The van der Waals surface area contributed by atoms with E-state index >= 15 is 0 Å². The van der Waals surface area contributed by atoms with E-state index in [1.54, 1.807) is 6.92 Å². The molecule has 0 amide bonds. The fourth-order valence-corrected chi connectivity index (χ4v) is 2.09. The molecule has 0 saturated heterocycles. The van der Waals surface area contributed by atoms with Crippen molar-refractivity contribution in [2.45, 2.75) is 19.1 Å². The lowest BCUT2D eigenvalue weighted by Gasteiger charge is -2.18. The number of benzene rings is 1. The van der Waals surface area contributed by atoms with Crippen LogP contribution in [0.2, 0.25) is 15.1 Å². The fourth-order valence-electron chi connectivity index (χ4n) is 1.34. The van der Waals surface area contributed by atoms with Crippen LogP contribution in [0.5, 0.6) is 0 Å². The number of carbonyl (C=O) groups is 1. The third-order valence-corrected chi connectivity index (χ3v) is 3.24. The molecule has 7 heteroatoms. The molecule has 18 heavy (non-hydrogen) atoms. The smallest absolute Gasteiger partial charge is 0.342 e. The first kappa shape index (κ1) is 15.5. The quantitative estimate of drug-likeness (QED) is 0.683. The van der Waals surface area contributed by atoms with Gasteiger partial charge in [0.15, 0.2) is 0 Å². The van der Waals surface area contributed by atoms with Crippen molar-refractivity contribution < 1.29 is 13.9 Å². The molecule has 0 aromatic heterocycles. The van der Waals surface area contributed by atoms with Crippen LogP contribution < -0.4 is 5.73 Å². The summed E-state index contributed by atoms with van der Waals surface area (Å²) in [7, 11) is 0. The van der Waals surface area contributed by atoms with E-state index < -0.39 is 18.2 Å². The van der Waals surface area contributed by atoms with Crippen molar-refractivity contribution in [3.63, 3.8) is 0 Å². The van der Waals surface area contributed by atoms with E-state index in [4.69, 9.17) is 40.5 Å². The SMILES string of the molecule is CCOC(=O)C(F)[C@H](N)c1cc(Cl)cc(Cl)c1Cl. The maximum absolute atomic E-state index is 13.8. The molecule has 0 fully saturated rings. The van der Waals surface area contributed by atoms with Crippen molar-refractivity contribution in [3.05, 3.63) is 32.8 Å². The highest BCUT2D eigenvalue weighted by atomic mass is 35.5. The minimum Gasteiger partial charge on any atom is -0.464 e. The predicted octanol–water partition coefficient (Wildman–Crippen LogP) is 3.55. The van der Waals surface area contributed by atoms with E-state index in [1.807, 2.05) is 0 Å². The second kappa shape index (κ2) is 6.57. The van der Waals surface area contributed by atoms with E-state index in [-0.39, 0.29) is 27.2 Å². The van der Waals surface area contributed by atoms with Crippen molar-refractivity contribution in [3.8, 4) is 0 Å². The molecule has 100 valence electrons. The van der Waals surface area contributed by atoms with Crippen LogP contribution in [0.15, 0.2) is 12.1 Å². The van der Waals surface area contributed by atoms with Crippen LogP contribution in [0.4, 0.5) is 4.39 Å². The molecule has 2 N–H and O–H groups in total. The Bertz CT molecular complexity index is 456. The molecule has 0 spiro atoms. The van der Waals surface area contributed by atoms with Gasteiger partial charge in [-0.25, -0.2) is 9.18 Å². The van der Waals surface area contributed by atoms with Crippen molar-refractivity contribution >= 4 is 40.8 Å². The first-order chi connectivity index (χ1) is 8.38. The monoisotopic (exact) mass is 313 g/mol. The molecule has 0 aliphatic rings. The maximum Gasteiger partial charge on any atom is 0.342 e. The number of rotatable bonds is 4. The van der Waals surface area contributed by atoms with Crippen molar-refractivity contribution in [2.24, 2.45) is 5.73 Å². The van der Waals surface area contributed by atoms with E-state index in [9.17, 15) is 9.18 Å². The molecular formula is C11H11Cl3FNO2. The fraction of sp³-hybridized carbons (Fsp3) is 0.364. The van der Waals surface area contributed by atoms with Crippen molar-refractivity contribution in [2.75, 3.05) is 6.61 Å². The standard InChI is InChI=1S/C11H11Cl3FNO2/c1-2-18-11(17)9(15)10(16)6-3-5(12)4-7(13)8(6)14/h3-4,9-10H,2,16H2,1H3/t9?,10-/m1/s1. The summed E-state index contributed by atoms with van der Waals surface area (Å²) in [6.45, 7) is 1.63. The third kappa shape index (κ3) is 3.48. The second-order valence-electron chi connectivity index (χ2n) is 3.47. The van der Waals surface area contributed by atoms with Gasteiger partial charge in [0.1, 0.15) is 0 Å². The molecule has 3 nitrogen and oxygen atoms in total. The van der Waals surface area contributed by atoms with Gasteiger partial charge in [0, 0.05) is 5.02 Å². The number of hydrogen-bond acceptors (Lipinski definition) is 3. The Morgan fingerprint density at radius 2 is 2.06 bits per heavy atom. The van der Waals surface area contributed by atoms with Crippen LogP contribution in [0, 0.1) is 0 Å². The Kier molecular flexibility index (Phi) is 5.66. The molecule has 0 bridgehead atoms. The lowest BCUT2D eigenvalue weighted by atomic mass is 10.0. The molecule has 0 aliphatic heterocycles. The topological polar surface area (TPSA) is 52.3 Å². The van der Waals surface area contributed by atoms with Crippen LogP contribution in [0.25, 0.3) is 0 Å². The highest BCUT2D eigenvalue weighted by Gasteiger charge is 2.30. The van der Waals surface area contributed by atoms with Crippen LogP contribution >= 0.6 is 34.8 Å². The Balaban J connectivity index is 3.03. The Hall–Kier alpha value is -0.550. The number of esters is 1. The largest absolute Gasteiger partial charge is 0.464 e. The third-order valence-electron chi connectivity index (χ3n) is 2.21. The normalized spacial score (nSPS) is 14.1. The van der Waals surface area contributed by atoms with Crippen molar-refractivity contribution in [1.29, 1.82) is 0 Å². The summed E-state index contributed by atoms with van der Waals surface area (Å²) >= 11 is 17.5. The Morgan fingerprint density at radius 3 is 2.61 bits per heavy atom. The minimum absolute atomic E-state index is 0.0655. The van der Waals surface area contributed by atoms with Crippen LogP contribution in [0.1, 0.15) is 18.5 Å². The maximum atomic E-state index is 13.8. The van der Waals surface area contributed by atoms with Crippen molar-refractivity contribution in [1.82, 2.24) is 0 Å². The first-order valence-electron chi connectivity index (χ1n) is 5.09. The van der Waals surface area contributed by atoms with E-state index in [2.05, 4.69) is 4.74 Å². The number of halogens is 4. The second-order valence-corrected chi connectivity index (χ2v) is 4.69. The molecule has 0 saturated carbocycles. The van der Waals surface area contributed by atoms with Crippen LogP contribution in [-0.4, -0.2) is 18.7 Å². The molecule has 2 atom stereocenters. The molecule has 0 radical (unpaired) electrons. The zero-order valence-electron chi connectivity index (χ0n) is 9.42. The lowest BCUT2D eigenvalue weighted by molar-refractivity contribution is -0.149. The van der Waals surface area contributed by atoms with Gasteiger partial charge in [0.2, 0.25) is 6.17 Å². The summed E-state index contributed by atoms with van der Waals surface area (Å²) < 4.78 is 18.3. The molecule has 0 aliphatic carbocycles. The molecule has 0 heterocycles. The van der Waals surface area contributed by atoms with Gasteiger partial charge in [0.05, 0.1) is 22.7 Å². The molecule has 1 aromatic rings. The number of ether oxygens (including phenoxy) is 1. The summed E-state index contributed by atoms with van der Waals surface area (Å²) in [6, 6.07) is 1.48. The minimum atomic E-state index is -2.03. The Morgan fingerprint density at radius 1 is 1.44 bits per heavy atom. The van der Waals surface area contributed by atoms with E-state index in [1.165, 1.54) is 12.1 Å². The summed E-state index contributed by atoms with van der Waals surface area (Å²) in [5.41, 5.74) is 5.79. The van der Waals surface area contributed by atoms with E-state index in [0.29, 0.717) is 0 Å². The van der Waals surface area contributed by atoms with Gasteiger partial charge in [-0.1, -0.05) is 34.8 Å². The number of hydrogen-bond donors (Lipinski definition) is 1. The van der Waals surface area contributed by atoms with Crippen LogP contribution in [0.3, 0.4) is 0 Å².